The fourth-order valence-corrected chi connectivity index (χ4v) is 4.52. The smallest absolute Gasteiger partial charge is 0.174 e. The van der Waals surface area contributed by atoms with E-state index in [0.29, 0.717) is 5.11 Å². The van der Waals surface area contributed by atoms with E-state index in [-0.39, 0.29) is 12.1 Å². The molecule has 2 atom stereocenters. The Hall–Kier alpha value is -2.96. The van der Waals surface area contributed by atoms with Gasteiger partial charge in [-0.05, 0) is 67.7 Å². The molecule has 0 aliphatic carbocycles. The molecule has 1 aliphatic rings. The summed E-state index contributed by atoms with van der Waals surface area (Å²) in [6.07, 6.45) is 1.81. The lowest BCUT2D eigenvalue weighted by atomic mass is 10.0. The summed E-state index contributed by atoms with van der Waals surface area (Å²) in [5.41, 5.74) is 4.17. The topological polar surface area (TPSA) is 41.3 Å². The van der Waals surface area contributed by atoms with Crippen LogP contribution in [0.2, 0.25) is 0 Å². The quantitative estimate of drug-likeness (QED) is 0.327. The zero-order valence-corrected chi connectivity index (χ0v) is 19.2. The minimum atomic E-state index is -0.158. The number of rotatable bonds is 4. The van der Waals surface area contributed by atoms with E-state index >= 15 is 0 Å². The van der Waals surface area contributed by atoms with Crippen molar-refractivity contribution in [3.05, 3.63) is 107 Å². The van der Waals surface area contributed by atoms with Crippen molar-refractivity contribution in [3.8, 4) is 11.3 Å². The van der Waals surface area contributed by atoms with Crippen molar-refractivity contribution in [2.75, 3.05) is 4.90 Å². The fraction of sp³-hybridized carbons (Fsp3) is 0.120. The number of benzene rings is 2. The first-order chi connectivity index (χ1) is 15.1. The van der Waals surface area contributed by atoms with Crippen molar-refractivity contribution in [2.24, 2.45) is 0 Å². The largest absolute Gasteiger partial charge is 0.459 e. The first-order valence-corrected chi connectivity index (χ1v) is 11.2. The van der Waals surface area contributed by atoms with E-state index in [1.807, 2.05) is 54.6 Å². The molecule has 0 radical (unpaired) electrons. The summed E-state index contributed by atoms with van der Waals surface area (Å²) in [5, 5.41) is 4.13. The molecule has 4 nitrogen and oxygen atoms in total. The molecule has 31 heavy (non-hydrogen) atoms. The molecule has 2 aromatic carbocycles. The van der Waals surface area contributed by atoms with Crippen molar-refractivity contribution in [1.29, 1.82) is 0 Å². The van der Waals surface area contributed by atoms with Gasteiger partial charge in [0, 0.05) is 21.9 Å². The number of hydrogen-bond donors (Lipinski definition) is 1. The highest BCUT2D eigenvalue weighted by atomic mass is 79.9. The number of anilines is 1. The van der Waals surface area contributed by atoms with Crippen molar-refractivity contribution in [3.63, 3.8) is 0 Å². The van der Waals surface area contributed by atoms with Crippen LogP contribution in [0.25, 0.3) is 11.3 Å². The summed E-state index contributed by atoms with van der Waals surface area (Å²) < 4.78 is 7.42. The molecule has 4 aromatic rings. The molecule has 0 amide bonds. The molecule has 154 valence electrons. The van der Waals surface area contributed by atoms with Crippen molar-refractivity contribution < 1.29 is 4.42 Å². The van der Waals surface area contributed by atoms with E-state index in [1.165, 1.54) is 5.56 Å². The van der Waals surface area contributed by atoms with Gasteiger partial charge in [-0.3, -0.25) is 4.98 Å². The van der Waals surface area contributed by atoms with Crippen LogP contribution >= 0.6 is 28.1 Å². The Morgan fingerprint density at radius 1 is 0.968 bits per heavy atom. The van der Waals surface area contributed by atoms with Gasteiger partial charge >= 0.3 is 0 Å². The summed E-state index contributed by atoms with van der Waals surface area (Å²) in [5.74, 6) is 1.66. The molecular formula is C25H20BrN3OS. The highest BCUT2D eigenvalue weighted by Crippen LogP contribution is 2.42. The van der Waals surface area contributed by atoms with Gasteiger partial charge in [-0.1, -0.05) is 51.8 Å². The van der Waals surface area contributed by atoms with Crippen molar-refractivity contribution >= 4 is 38.9 Å². The molecule has 3 heterocycles. The lowest BCUT2D eigenvalue weighted by Crippen LogP contribution is -2.29. The molecule has 2 aromatic heterocycles. The van der Waals surface area contributed by atoms with Crippen LogP contribution in [0.3, 0.4) is 0 Å². The van der Waals surface area contributed by atoms with Crippen LogP contribution in [-0.2, 0) is 0 Å². The van der Waals surface area contributed by atoms with Gasteiger partial charge in [0.2, 0.25) is 0 Å². The summed E-state index contributed by atoms with van der Waals surface area (Å²) >= 11 is 9.25. The van der Waals surface area contributed by atoms with Gasteiger partial charge in [-0.2, -0.15) is 0 Å². The number of hydrogen-bond acceptors (Lipinski definition) is 3. The number of furan rings is 1. The van der Waals surface area contributed by atoms with Gasteiger partial charge < -0.3 is 14.6 Å². The predicted molar refractivity (Wildman–Crippen MR) is 131 cm³/mol. The maximum atomic E-state index is 6.38. The molecule has 1 aliphatic heterocycles. The second-order valence-corrected chi connectivity index (χ2v) is 8.84. The molecule has 0 bridgehead atoms. The summed E-state index contributed by atoms with van der Waals surface area (Å²) in [7, 11) is 0. The van der Waals surface area contributed by atoms with Crippen molar-refractivity contribution in [1.82, 2.24) is 10.3 Å². The molecule has 0 spiro atoms. The Bertz CT molecular complexity index is 1210. The Morgan fingerprint density at radius 3 is 2.45 bits per heavy atom. The third kappa shape index (κ3) is 3.89. The van der Waals surface area contributed by atoms with Crippen LogP contribution in [0.15, 0.2) is 93.9 Å². The van der Waals surface area contributed by atoms with Crippen LogP contribution in [0, 0.1) is 6.92 Å². The first kappa shape index (κ1) is 20.0. The standard InChI is InChI=1S/C25H20BrN3OS/c1-16-5-11-19(12-6-16)29-24(23(28-25(29)31)20-4-2-3-15-27-20)22-14-13-21(30-22)17-7-9-18(26)10-8-17/h2-15,23-24H,1H3,(H,28,31). The SMILES string of the molecule is Cc1ccc(N2C(=S)NC(c3ccccn3)C2c2ccc(-c3ccc(Br)cc3)o2)cc1. The highest BCUT2D eigenvalue weighted by Gasteiger charge is 2.42. The van der Waals surface area contributed by atoms with Gasteiger partial charge in [-0.15, -0.1) is 0 Å². The zero-order chi connectivity index (χ0) is 21.4. The highest BCUT2D eigenvalue weighted by molar-refractivity contribution is 9.10. The van der Waals surface area contributed by atoms with E-state index in [0.717, 1.165) is 32.9 Å². The summed E-state index contributed by atoms with van der Waals surface area (Å²) in [6, 6.07) is 26.2. The lowest BCUT2D eigenvalue weighted by molar-refractivity contribution is 0.439. The maximum Gasteiger partial charge on any atom is 0.174 e. The number of nitrogens with zero attached hydrogens (tertiary/aromatic N) is 2. The van der Waals surface area contributed by atoms with Crippen LogP contribution < -0.4 is 10.2 Å². The predicted octanol–water partition coefficient (Wildman–Crippen LogP) is 6.59. The van der Waals surface area contributed by atoms with Gasteiger partial charge in [0.1, 0.15) is 17.6 Å². The molecule has 2 unspecified atom stereocenters. The Kier molecular flexibility index (Phi) is 5.34. The molecule has 1 N–H and O–H groups in total. The monoisotopic (exact) mass is 489 g/mol. The number of aromatic nitrogens is 1. The Morgan fingerprint density at radius 2 is 1.74 bits per heavy atom. The van der Waals surface area contributed by atoms with E-state index in [4.69, 9.17) is 16.6 Å². The van der Waals surface area contributed by atoms with Gasteiger partial charge in [-0.25, -0.2) is 0 Å². The number of aryl methyl sites for hydroxylation is 1. The molecule has 0 saturated carbocycles. The summed E-state index contributed by atoms with van der Waals surface area (Å²) in [4.78, 5) is 6.72. The third-order valence-electron chi connectivity index (χ3n) is 5.46. The average molecular weight is 490 g/mol. The van der Waals surface area contributed by atoms with Crippen LogP contribution in [0.1, 0.15) is 29.1 Å². The second kappa shape index (κ2) is 8.29. The van der Waals surface area contributed by atoms with Crippen molar-refractivity contribution in [2.45, 2.75) is 19.0 Å². The minimum absolute atomic E-state index is 0.126. The zero-order valence-electron chi connectivity index (χ0n) is 16.8. The lowest BCUT2D eigenvalue weighted by Gasteiger charge is -2.26. The van der Waals surface area contributed by atoms with Crippen LogP contribution in [-0.4, -0.2) is 10.1 Å². The van der Waals surface area contributed by atoms with Gasteiger partial charge in [0.15, 0.2) is 5.11 Å². The van der Waals surface area contributed by atoms with E-state index in [2.05, 4.69) is 62.3 Å². The molecule has 6 heteroatoms. The molecule has 1 fully saturated rings. The Labute approximate surface area is 195 Å². The first-order valence-electron chi connectivity index (χ1n) is 10.0. The number of halogens is 1. The number of nitrogens with one attached hydrogen (secondary N) is 1. The maximum absolute atomic E-state index is 6.38. The third-order valence-corrected chi connectivity index (χ3v) is 6.30. The number of pyridine rings is 1. The Balaban J connectivity index is 1.59. The average Bonchev–Trinajstić information content (AvgIpc) is 3.40. The molecule has 5 rings (SSSR count). The van der Waals surface area contributed by atoms with E-state index in [1.54, 1.807) is 6.20 Å². The van der Waals surface area contributed by atoms with E-state index < -0.39 is 0 Å². The van der Waals surface area contributed by atoms with Crippen LogP contribution in [0.5, 0.6) is 0 Å². The molecule has 1 saturated heterocycles. The summed E-state index contributed by atoms with van der Waals surface area (Å²) in [6.45, 7) is 2.08. The van der Waals surface area contributed by atoms with Gasteiger partial charge in [0.05, 0.1) is 11.7 Å². The fourth-order valence-electron chi connectivity index (χ4n) is 3.91. The second-order valence-electron chi connectivity index (χ2n) is 7.54. The van der Waals surface area contributed by atoms with E-state index in [9.17, 15) is 0 Å². The normalized spacial score (nSPS) is 18.3. The molecular weight excluding hydrogens is 470 g/mol. The minimum Gasteiger partial charge on any atom is -0.459 e. The number of thiocarbonyl (C=S) groups is 1. The van der Waals surface area contributed by atoms with Crippen LogP contribution in [0.4, 0.5) is 5.69 Å². The van der Waals surface area contributed by atoms with Gasteiger partial charge in [0.25, 0.3) is 0 Å².